The molecule has 0 atom stereocenters. The average molecular weight is 393 g/mol. The van der Waals surface area contributed by atoms with Gasteiger partial charge in [-0.05, 0) is 24.3 Å². The van der Waals surface area contributed by atoms with E-state index in [-0.39, 0.29) is 5.91 Å². The molecule has 2 aromatic heterocycles. The van der Waals surface area contributed by atoms with Crippen molar-refractivity contribution in [1.82, 2.24) is 15.3 Å². The first-order valence-corrected chi connectivity index (χ1v) is 9.01. The predicted octanol–water partition coefficient (Wildman–Crippen LogP) is 4.21. The molecule has 1 amide bonds. The van der Waals surface area contributed by atoms with E-state index in [0.717, 1.165) is 5.39 Å². The summed E-state index contributed by atoms with van der Waals surface area (Å²) in [4.78, 5) is 20.9. The maximum absolute atomic E-state index is 12.0. The van der Waals surface area contributed by atoms with Gasteiger partial charge in [-0.1, -0.05) is 30.1 Å². The van der Waals surface area contributed by atoms with E-state index < -0.39 is 0 Å². The Balaban J connectivity index is 1.67. The number of hydrogen-bond donors (Lipinski definition) is 2. The zero-order chi connectivity index (χ0) is 18.5. The summed E-state index contributed by atoms with van der Waals surface area (Å²) in [6, 6.07) is 7.02. The second-order valence-electron chi connectivity index (χ2n) is 5.66. The third-order valence-corrected chi connectivity index (χ3v) is 4.27. The Hall–Kier alpha value is -2.31. The van der Waals surface area contributed by atoms with Crippen LogP contribution < -0.4 is 10.6 Å². The van der Waals surface area contributed by atoms with Gasteiger partial charge in [-0.3, -0.25) is 4.79 Å². The van der Waals surface area contributed by atoms with Crippen molar-refractivity contribution in [2.45, 2.75) is 26.3 Å². The Kier molecular flexibility index (Phi) is 5.96. The number of nitrogens with zero attached hydrogens (tertiary/aromatic N) is 2. The van der Waals surface area contributed by atoms with Crippen LogP contribution in [0.5, 0.6) is 0 Å². The number of carbonyl (C=O) groups excluding carboxylic acids is 1. The summed E-state index contributed by atoms with van der Waals surface area (Å²) >= 11 is 12.4. The molecule has 2 heterocycles. The van der Waals surface area contributed by atoms with Crippen molar-refractivity contribution in [3.63, 3.8) is 0 Å². The van der Waals surface area contributed by atoms with Gasteiger partial charge in [0.1, 0.15) is 17.4 Å². The van der Waals surface area contributed by atoms with Crippen molar-refractivity contribution in [3.05, 3.63) is 52.2 Å². The van der Waals surface area contributed by atoms with Crippen LogP contribution in [0.15, 0.2) is 34.9 Å². The molecule has 0 aliphatic heterocycles. The van der Waals surface area contributed by atoms with Crippen LogP contribution in [0.1, 0.15) is 24.9 Å². The van der Waals surface area contributed by atoms with Gasteiger partial charge in [-0.2, -0.15) is 0 Å². The van der Waals surface area contributed by atoms with Crippen LogP contribution >= 0.6 is 23.2 Å². The summed E-state index contributed by atoms with van der Waals surface area (Å²) < 4.78 is 5.18. The maximum atomic E-state index is 12.0. The molecule has 6 nitrogen and oxygen atoms in total. The number of rotatable bonds is 7. The zero-order valence-corrected chi connectivity index (χ0v) is 15.7. The number of nitrogens with one attached hydrogen (secondary N) is 2. The highest BCUT2D eigenvalue weighted by molar-refractivity contribution is 6.38. The molecule has 1 aromatic carbocycles. The van der Waals surface area contributed by atoms with Crippen molar-refractivity contribution < 1.29 is 9.21 Å². The van der Waals surface area contributed by atoms with Gasteiger partial charge >= 0.3 is 0 Å². The molecule has 136 valence electrons. The summed E-state index contributed by atoms with van der Waals surface area (Å²) in [5.74, 6) is 1.92. The first kappa shape index (κ1) is 18.5. The third kappa shape index (κ3) is 4.45. The summed E-state index contributed by atoms with van der Waals surface area (Å²) in [5, 5.41) is 7.71. The summed E-state index contributed by atoms with van der Waals surface area (Å²) in [6.45, 7) is 2.76. The second-order valence-corrected chi connectivity index (χ2v) is 6.50. The highest BCUT2D eigenvalue weighted by Crippen LogP contribution is 2.30. The van der Waals surface area contributed by atoms with Gasteiger partial charge in [0, 0.05) is 29.8 Å². The standard InChI is InChI=1S/C18H18Cl2N4O2/c1-2-15-23-17-13(8-11(19)9-14(17)20)18(24-15)21-6-5-16(25)22-10-12-4-3-7-26-12/h3-4,7-9H,2,5-6,10H2,1H3,(H,22,25)(H,21,23,24). The lowest BCUT2D eigenvalue weighted by molar-refractivity contribution is -0.121. The average Bonchev–Trinajstić information content (AvgIpc) is 3.13. The molecule has 2 N–H and O–H groups in total. The van der Waals surface area contributed by atoms with E-state index in [1.807, 2.05) is 13.0 Å². The highest BCUT2D eigenvalue weighted by Gasteiger charge is 2.12. The maximum Gasteiger partial charge on any atom is 0.222 e. The lowest BCUT2D eigenvalue weighted by Crippen LogP contribution is -2.24. The quantitative estimate of drug-likeness (QED) is 0.629. The largest absolute Gasteiger partial charge is 0.467 e. The van der Waals surface area contributed by atoms with E-state index >= 15 is 0 Å². The van der Waals surface area contributed by atoms with Crippen LogP contribution in [0, 0.1) is 0 Å². The first-order valence-electron chi connectivity index (χ1n) is 8.25. The van der Waals surface area contributed by atoms with E-state index in [4.69, 9.17) is 27.6 Å². The Bertz CT molecular complexity index is 913. The first-order chi connectivity index (χ1) is 12.6. The molecule has 3 rings (SSSR count). The fraction of sp³-hybridized carbons (Fsp3) is 0.278. The molecule has 0 unspecified atom stereocenters. The van der Waals surface area contributed by atoms with Gasteiger partial charge < -0.3 is 15.1 Å². The number of carbonyl (C=O) groups is 1. The molecule has 0 aliphatic carbocycles. The number of aryl methyl sites for hydroxylation is 1. The normalized spacial score (nSPS) is 10.9. The van der Waals surface area contributed by atoms with Crippen LogP contribution in [-0.4, -0.2) is 22.4 Å². The van der Waals surface area contributed by atoms with Crippen molar-refractivity contribution in [2.75, 3.05) is 11.9 Å². The van der Waals surface area contributed by atoms with E-state index in [2.05, 4.69) is 20.6 Å². The molecule has 0 saturated heterocycles. The predicted molar refractivity (Wildman–Crippen MR) is 103 cm³/mol. The van der Waals surface area contributed by atoms with Gasteiger partial charge in [0.25, 0.3) is 0 Å². The van der Waals surface area contributed by atoms with Crippen LogP contribution in [0.25, 0.3) is 10.9 Å². The number of aromatic nitrogens is 2. The van der Waals surface area contributed by atoms with Crippen molar-refractivity contribution in [2.24, 2.45) is 0 Å². The van der Waals surface area contributed by atoms with Crippen molar-refractivity contribution in [1.29, 1.82) is 0 Å². The van der Waals surface area contributed by atoms with E-state index in [0.29, 0.717) is 58.9 Å². The Labute approximate surface area is 160 Å². The Morgan fingerprint density at radius 1 is 1.27 bits per heavy atom. The van der Waals surface area contributed by atoms with E-state index in [1.165, 1.54) is 0 Å². The van der Waals surface area contributed by atoms with E-state index in [9.17, 15) is 4.79 Å². The molecule has 26 heavy (non-hydrogen) atoms. The summed E-state index contributed by atoms with van der Waals surface area (Å²) in [7, 11) is 0. The minimum absolute atomic E-state index is 0.0842. The minimum Gasteiger partial charge on any atom is -0.467 e. The van der Waals surface area contributed by atoms with Crippen molar-refractivity contribution >= 4 is 45.8 Å². The molecule has 0 fully saturated rings. The SMILES string of the molecule is CCc1nc(NCCC(=O)NCc2ccco2)c2cc(Cl)cc(Cl)c2n1. The molecule has 0 bridgehead atoms. The van der Waals surface area contributed by atoms with Crippen molar-refractivity contribution in [3.8, 4) is 0 Å². The summed E-state index contributed by atoms with van der Waals surface area (Å²) in [6.07, 6.45) is 2.54. The Morgan fingerprint density at radius 2 is 2.12 bits per heavy atom. The molecule has 0 spiro atoms. The van der Waals surface area contributed by atoms with Crippen LogP contribution in [-0.2, 0) is 17.8 Å². The van der Waals surface area contributed by atoms with Crippen LogP contribution in [0.3, 0.4) is 0 Å². The number of fused-ring (bicyclic) bond motifs is 1. The van der Waals surface area contributed by atoms with Gasteiger partial charge in [-0.15, -0.1) is 0 Å². The highest BCUT2D eigenvalue weighted by atomic mass is 35.5. The second kappa shape index (κ2) is 8.38. The van der Waals surface area contributed by atoms with Crippen LogP contribution in [0.2, 0.25) is 10.0 Å². The molecule has 0 radical (unpaired) electrons. The molecular formula is C18H18Cl2N4O2. The number of amides is 1. The van der Waals surface area contributed by atoms with Gasteiger partial charge in [-0.25, -0.2) is 9.97 Å². The van der Waals surface area contributed by atoms with Gasteiger partial charge in [0.05, 0.1) is 23.3 Å². The van der Waals surface area contributed by atoms with Gasteiger partial charge in [0.15, 0.2) is 0 Å². The number of hydrogen-bond acceptors (Lipinski definition) is 5. The topological polar surface area (TPSA) is 80.0 Å². The smallest absolute Gasteiger partial charge is 0.222 e. The lowest BCUT2D eigenvalue weighted by Gasteiger charge is -2.11. The lowest BCUT2D eigenvalue weighted by atomic mass is 10.2. The number of anilines is 1. The third-order valence-electron chi connectivity index (χ3n) is 3.77. The minimum atomic E-state index is -0.0842. The fourth-order valence-electron chi connectivity index (χ4n) is 2.48. The molecule has 0 saturated carbocycles. The molecule has 8 heteroatoms. The molecular weight excluding hydrogens is 375 g/mol. The Morgan fingerprint density at radius 3 is 2.85 bits per heavy atom. The number of benzene rings is 1. The fourth-order valence-corrected chi connectivity index (χ4v) is 3.01. The number of furan rings is 1. The molecule has 0 aliphatic rings. The zero-order valence-electron chi connectivity index (χ0n) is 14.2. The van der Waals surface area contributed by atoms with E-state index in [1.54, 1.807) is 24.5 Å². The van der Waals surface area contributed by atoms with Gasteiger partial charge in [0.2, 0.25) is 5.91 Å². The van der Waals surface area contributed by atoms with Crippen LogP contribution in [0.4, 0.5) is 5.82 Å². The monoisotopic (exact) mass is 392 g/mol. The number of halogens is 2. The molecule has 3 aromatic rings. The summed E-state index contributed by atoms with van der Waals surface area (Å²) in [5.41, 5.74) is 0.646.